The first kappa shape index (κ1) is 13.1. The van der Waals surface area contributed by atoms with Crippen molar-refractivity contribution < 1.29 is 0 Å². The maximum absolute atomic E-state index is 5.89. The molecule has 94 valence electrons. The fraction of sp³-hybridized carbons (Fsp3) is 0.250. The summed E-state index contributed by atoms with van der Waals surface area (Å²) in [6.45, 7) is 1.07. The van der Waals surface area contributed by atoms with Gasteiger partial charge in [-0.25, -0.2) is 0 Å². The molecule has 2 rings (SSSR count). The van der Waals surface area contributed by atoms with Crippen molar-refractivity contribution in [3.8, 4) is 11.1 Å². The van der Waals surface area contributed by atoms with Crippen LogP contribution in [-0.2, 0) is 6.42 Å². The second kappa shape index (κ2) is 6.58. The van der Waals surface area contributed by atoms with Crippen molar-refractivity contribution in [3.63, 3.8) is 0 Å². The molecule has 0 unspecified atom stereocenters. The molecule has 0 amide bonds. The van der Waals surface area contributed by atoms with E-state index in [2.05, 4.69) is 41.7 Å². The van der Waals surface area contributed by atoms with Gasteiger partial charge in [0.05, 0.1) is 0 Å². The molecule has 0 spiro atoms. The minimum atomic E-state index is 0.780. The number of benzene rings is 2. The summed E-state index contributed by atoms with van der Waals surface area (Å²) in [5, 5.41) is 3.95. The summed E-state index contributed by atoms with van der Waals surface area (Å²) in [5.74, 6) is 0. The lowest BCUT2D eigenvalue weighted by molar-refractivity contribution is 0.725. The number of hydrogen-bond acceptors (Lipinski definition) is 1. The molecule has 0 aliphatic heterocycles. The first-order chi connectivity index (χ1) is 8.79. The molecule has 0 radical (unpaired) electrons. The van der Waals surface area contributed by atoms with Crippen molar-refractivity contribution >= 4 is 11.6 Å². The van der Waals surface area contributed by atoms with Gasteiger partial charge in [0.15, 0.2) is 0 Å². The highest BCUT2D eigenvalue weighted by atomic mass is 35.5. The quantitative estimate of drug-likeness (QED) is 0.795. The highest BCUT2D eigenvalue weighted by Gasteiger charge is 1.98. The van der Waals surface area contributed by atoms with Crippen molar-refractivity contribution in [2.24, 2.45) is 0 Å². The van der Waals surface area contributed by atoms with Crippen LogP contribution in [0.25, 0.3) is 11.1 Å². The Morgan fingerprint density at radius 3 is 2.00 bits per heavy atom. The standard InChI is InChI=1S/C16H18ClN/c1-18-12-2-3-13-4-6-14(7-5-13)15-8-10-16(17)11-9-15/h4-11,18H,2-3,12H2,1H3. The summed E-state index contributed by atoms with van der Waals surface area (Å²) < 4.78 is 0. The van der Waals surface area contributed by atoms with Gasteiger partial charge in [-0.2, -0.15) is 0 Å². The third-order valence-corrected chi connectivity index (χ3v) is 3.28. The Morgan fingerprint density at radius 1 is 0.889 bits per heavy atom. The summed E-state index contributed by atoms with van der Waals surface area (Å²) in [5.41, 5.74) is 3.84. The zero-order valence-electron chi connectivity index (χ0n) is 10.6. The molecule has 0 fully saturated rings. The van der Waals surface area contributed by atoms with Crippen molar-refractivity contribution in [3.05, 3.63) is 59.1 Å². The number of halogens is 1. The molecular weight excluding hydrogens is 242 g/mol. The Bertz CT molecular complexity index is 473. The lowest BCUT2D eigenvalue weighted by Gasteiger charge is -2.05. The Morgan fingerprint density at radius 2 is 1.44 bits per heavy atom. The van der Waals surface area contributed by atoms with Crippen LogP contribution >= 0.6 is 11.6 Å². The van der Waals surface area contributed by atoms with Crippen LogP contribution in [0.1, 0.15) is 12.0 Å². The van der Waals surface area contributed by atoms with E-state index < -0.39 is 0 Å². The van der Waals surface area contributed by atoms with Crippen LogP contribution in [0.5, 0.6) is 0 Å². The smallest absolute Gasteiger partial charge is 0.0406 e. The minimum absolute atomic E-state index is 0.780. The molecular formula is C16H18ClN. The van der Waals surface area contributed by atoms with E-state index in [9.17, 15) is 0 Å². The zero-order chi connectivity index (χ0) is 12.8. The topological polar surface area (TPSA) is 12.0 Å². The average Bonchev–Trinajstić information content (AvgIpc) is 2.41. The molecule has 2 aromatic rings. The number of hydrogen-bond donors (Lipinski definition) is 1. The van der Waals surface area contributed by atoms with Gasteiger partial charge in [-0.05, 0) is 55.3 Å². The maximum atomic E-state index is 5.89. The molecule has 1 nitrogen and oxygen atoms in total. The summed E-state index contributed by atoms with van der Waals surface area (Å²) in [6.07, 6.45) is 2.30. The monoisotopic (exact) mass is 259 g/mol. The molecule has 0 atom stereocenters. The van der Waals surface area contributed by atoms with Crippen LogP contribution in [0.15, 0.2) is 48.5 Å². The second-order valence-electron chi connectivity index (χ2n) is 4.41. The van der Waals surface area contributed by atoms with Gasteiger partial charge in [0.25, 0.3) is 0 Å². The molecule has 1 N–H and O–H groups in total. The van der Waals surface area contributed by atoms with E-state index in [4.69, 9.17) is 11.6 Å². The van der Waals surface area contributed by atoms with Crippen LogP contribution in [0, 0.1) is 0 Å². The fourth-order valence-corrected chi connectivity index (χ4v) is 2.10. The van der Waals surface area contributed by atoms with E-state index in [1.54, 1.807) is 0 Å². The highest BCUT2D eigenvalue weighted by molar-refractivity contribution is 6.30. The minimum Gasteiger partial charge on any atom is -0.320 e. The summed E-state index contributed by atoms with van der Waals surface area (Å²) in [7, 11) is 1.99. The Kier molecular flexibility index (Phi) is 4.80. The van der Waals surface area contributed by atoms with Gasteiger partial charge in [0.2, 0.25) is 0 Å². The van der Waals surface area contributed by atoms with Gasteiger partial charge in [0, 0.05) is 5.02 Å². The van der Waals surface area contributed by atoms with Gasteiger partial charge in [-0.3, -0.25) is 0 Å². The Balaban J connectivity index is 2.05. The molecule has 0 aliphatic rings. The summed E-state index contributed by atoms with van der Waals surface area (Å²) in [6, 6.07) is 16.7. The van der Waals surface area contributed by atoms with E-state index in [-0.39, 0.29) is 0 Å². The van der Waals surface area contributed by atoms with Gasteiger partial charge >= 0.3 is 0 Å². The summed E-state index contributed by atoms with van der Waals surface area (Å²) >= 11 is 5.89. The Labute approximate surface area is 114 Å². The normalized spacial score (nSPS) is 10.6. The lowest BCUT2D eigenvalue weighted by atomic mass is 10.0. The van der Waals surface area contributed by atoms with Crippen LogP contribution in [0.3, 0.4) is 0 Å². The SMILES string of the molecule is CNCCCc1ccc(-c2ccc(Cl)cc2)cc1. The van der Waals surface area contributed by atoms with Crippen LogP contribution in [0.2, 0.25) is 5.02 Å². The zero-order valence-corrected chi connectivity index (χ0v) is 11.4. The van der Waals surface area contributed by atoms with Gasteiger partial charge < -0.3 is 5.32 Å². The summed E-state index contributed by atoms with van der Waals surface area (Å²) in [4.78, 5) is 0. The van der Waals surface area contributed by atoms with Crippen molar-refractivity contribution in [1.82, 2.24) is 5.32 Å². The second-order valence-corrected chi connectivity index (χ2v) is 4.85. The molecule has 0 saturated carbocycles. The molecule has 2 aromatic carbocycles. The van der Waals surface area contributed by atoms with Gasteiger partial charge in [0.1, 0.15) is 0 Å². The van der Waals surface area contributed by atoms with Gasteiger partial charge in [-0.1, -0.05) is 48.0 Å². The van der Waals surface area contributed by atoms with E-state index in [1.807, 2.05) is 19.2 Å². The van der Waals surface area contributed by atoms with E-state index in [0.29, 0.717) is 0 Å². The maximum Gasteiger partial charge on any atom is 0.0406 e. The van der Waals surface area contributed by atoms with Gasteiger partial charge in [-0.15, -0.1) is 0 Å². The van der Waals surface area contributed by atoms with Crippen molar-refractivity contribution in [1.29, 1.82) is 0 Å². The molecule has 0 heterocycles. The third-order valence-electron chi connectivity index (χ3n) is 3.02. The van der Waals surface area contributed by atoms with Crippen LogP contribution in [-0.4, -0.2) is 13.6 Å². The Hall–Kier alpha value is -1.31. The van der Waals surface area contributed by atoms with E-state index in [1.165, 1.54) is 23.1 Å². The average molecular weight is 260 g/mol. The number of rotatable bonds is 5. The van der Waals surface area contributed by atoms with Crippen molar-refractivity contribution in [2.75, 3.05) is 13.6 Å². The fourth-order valence-electron chi connectivity index (χ4n) is 1.98. The first-order valence-electron chi connectivity index (χ1n) is 6.29. The predicted molar refractivity (Wildman–Crippen MR) is 79.1 cm³/mol. The van der Waals surface area contributed by atoms with E-state index >= 15 is 0 Å². The lowest BCUT2D eigenvalue weighted by Crippen LogP contribution is -2.08. The van der Waals surface area contributed by atoms with Crippen molar-refractivity contribution in [2.45, 2.75) is 12.8 Å². The van der Waals surface area contributed by atoms with Crippen LogP contribution < -0.4 is 5.32 Å². The largest absolute Gasteiger partial charge is 0.320 e. The number of aryl methyl sites for hydroxylation is 1. The molecule has 0 aromatic heterocycles. The molecule has 0 saturated heterocycles. The molecule has 0 bridgehead atoms. The molecule has 0 aliphatic carbocycles. The third kappa shape index (κ3) is 3.59. The van der Waals surface area contributed by atoms with Crippen LogP contribution in [0.4, 0.5) is 0 Å². The first-order valence-corrected chi connectivity index (χ1v) is 6.67. The number of nitrogens with one attached hydrogen (secondary N) is 1. The molecule has 18 heavy (non-hydrogen) atoms. The van der Waals surface area contributed by atoms with E-state index in [0.717, 1.165) is 18.0 Å². The predicted octanol–water partition coefficient (Wildman–Crippen LogP) is 4.16. The molecule has 2 heteroatoms. The highest BCUT2D eigenvalue weighted by Crippen LogP contribution is 2.22.